The zero-order chi connectivity index (χ0) is 13.8. The summed E-state index contributed by atoms with van der Waals surface area (Å²) < 4.78 is 27.9. The highest BCUT2D eigenvalue weighted by Gasteiger charge is 2.05. The molecule has 102 valence electrons. The molecule has 1 aromatic carbocycles. The molecule has 3 nitrogen and oxygen atoms in total. The lowest BCUT2D eigenvalue weighted by Crippen LogP contribution is -2.06. The van der Waals surface area contributed by atoms with Crippen molar-refractivity contribution in [3.8, 4) is 0 Å². The molecule has 0 radical (unpaired) electrons. The Bertz CT molecular complexity index is 531. The van der Waals surface area contributed by atoms with Crippen LogP contribution in [0.3, 0.4) is 0 Å². The predicted molar refractivity (Wildman–Crippen MR) is 70.9 cm³/mol. The number of hydrogen-bond donors (Lipinski definition) is 1. The highest BCUT2D eigenvalue weighted by atomic mass is 19.1. The number of hydrogen-bond acceptors (Lipinski definition) is 2. The van der Waals surface area contributed by atoms with Crippen LogP contribution in [0.15, 0.2) is 30.5 Å². The van der Waals surface area contributed by atoms with Crippen molar-refractivity contribution in [3.05, 3.63) is 47.7 Å². The van der Waals surface area contributed by atoms with Gasteiger partial charge in [-0.1, -0.05) is 6.92 Å². The third-order valence-corrected chi connectivity index (χ3v) is 3.05. The van der Waals surface area contributed by atoms with Crippen molar-refractivity contribution in [2.75, 3.05) is 5.32 Å². The summed E-state index contributed by atoms with van der Waals surface area (Å²) in [4.78, 5) is 0. The predicted octanol–water partition coefficient (Wildman–Crippen LogP) is 3.74. The molecule has 0 bridgehead atoms. The third kappa shape index (κ3) is 3.53. The van der Waals surface area contributed by atoms with Gasteiger partial charge in [-0.2, -0.15) is 5.10 Å². The lowest BCUT2D eigenvalue weighted by atomic mass is 10.2. The summed E-state index contributed by atoms with van der Waals surface area (Å²) in [7, 11) is 0. The van der Waals surface area contributed by atoms with Gasteiger partial charge in [-0.25, -0.2) is 8.78 Å². The average Bonchev–Trinajstić information content (AvgIpc) is 2.83. The fourth-order valence-corrected chi connectivity index (χ4v) is 1.77. The molecule has 0 aliphatic carbocycles. The van der Waals surface area contributed by atoms with Crippen LogP contribution in [0.2, 0.25) is 0 Å². The van der Waals surface area contributed by atoms with Crippen molar-refractivity contribution in [1.82, 2.24) is 9.78 Å². The number of nitrogens with zero attached hydrogens (tertiary/aromatic N) is 2. The fraction of sp³-hybridized carbons (Fsp3) is 0.357. The van der Waals surface area contributed by atoms with E-state index in [1.165, 1.54) is 12.1 Å². The first-order chi connectivity index (χ1) is 9.08. The summed E-state index contributed by atoms with van der Waals surface area (Å²) in [5, 5.41) is 7.41. The topological polar surface area (TPSA) is 29.9 Å². The van der Waals surface area contributed by atoms with Gasteiger partial charge in [0.15, 0.2) is 0 Å². The van der Waals surface area contributed by atoms with Crippen LogP contribution in [0.4, 0.5) is 14.6 Å². The standard InChI is InChI=1S/C14H17F2N3/c1-3-10(2)19-5-4-14(18-19)17-9-11-6-12(15)8-13(16)7-11/h4-8,10H,3,9H2,1-2H3,(H,17,18)/t10-/m0/s1. The van der Waals surface area contributed by atoms with Crippen LogP contribution in [-0.2, 0) is 6.54 Å². The van der Waals surface area contributed by atoms with E-state index in [0.29, 0.717) is 24.0 Å². The Morgan fingerprint density at radius 1 is 1.26 bits per heavy atom. The van der Waals surface area contributed by atoms with Crippen molar-refractivity contribution >= 4 is 5.82 Å². The Hall–Kier alpha value is -1.91. The van der Waals surface area contributed by atoms with E-state index in [9.17, 15) is 8.78 Å². The highest BCUT2D eigenvalue weighted by Crippen LogP contribution is 2.13. The number of rotatable bonds is 5. The van der Waals surface area contributed by atoms with E-state index >= 15 is 0 Å². The van der Waals surface area contributed by atoms with E-state index in [1.54, 1.807) is 0 Å². The highest BCUT2D eigenvalue weighted by molar-refractivity contribution is 5.34. The van der Waals surface area contributed by atoms with Crippen molar-refractivity contribution in [3.63, 3.8) is 0 Å². The molecule has 2 rings (SSSR count). The van der Waals surface area contributed by atoms with Crippen LogP contribution in [0.1, 0.15) is 31.9 Å². The maximum absolute atomic E-state index is 13.0. The normalized spacial score (nSPS) is 12.4. The number of aromatic nitrogens is 2. The molecule has 0 fully saturated rings. The van der Waals surface area contributed by atoms with Crippen molar-refractivity contribution < 1.29 is 8.78 Å². The summed E-state index contributed by atoms with van der Waals surface area (Å²) >= 11 is 0. The van der Waals surface area contributed by atoms with E-state index < -0.39 is 11.6 Å². The molecule has 0 aliphatic heterocycles. The lowest BCUT2D eigenvalue weighted by Gasteiger charge is -2.08. The van der Waals surface area contributed by atoms with Crippen LogP contribution in [-0.4, -0.2) is 9.78 Å². The molecular weight excluding hydrogens is 248 g/mol. The number of nitrogens with one attached hydrogen (secondary N) is 1. The molecule has 0 unspecified atom stereocenters. The monoisotopic (exact) mass is 265 g/mol. The summed E-state index contributed by atoms with van der Waals surface area (Å²) in [5.74, 6) is -0.436. The Morgan fingerprint density at radius 2 is 1.95 bits per heavy atom. The molecule has 1 atom stereocenters. The summed E-state index contributed by atoms with van der Waals surface area (Å²) in [6.45, 7) is 4.51. The molecule has 1 aromatic heterocycles. The van der Waals surface area contributed by atoms with Gasteiger partial charge in [0, 0.05) is 30.9 Å². The second-order valence-electron chi connectivity index (χ2n) is 4.57. The number of anilines is 1. The zero-order valence-corrected chi connectivity index (χ0v) is 11.0. The van der Waals surface area contributed by atoms with Gasteiger partial charge in [-0.05, 0) is 31.0 Å². The van der Waals surface area contributed by atoms with Crippen molar-refractivity contribution in [1.29, 1.82) is 0 Å². The van der Waals surface area contributed by atoms with Gasteiger partial charge in [-0.3, -0.25) is 4.68 Å². The van der Waals surface area contributed by atoms with E-state index in [4.69, 9.17) is 0 Å². The van der Waals surface area contributed by atoms with E-state index in [0.717, 1.165) is 12.5 Å². The molecule has 2 aromatic rings. The average molecular weight is 265 g/mol. The minimum atomic E-state index is -0.568. The van der Waals surface area contributed by atoms with Gasteiger partial charge in [0.1, 0.15) is 17.5 Å². The number of halogens is 2. The SMILES string of the molecule is CC[C@H](C)n1ccc(NCc2cc(F)cc(F)c2)n1. The maximum atomic E-state index is 13.0. The van der Waals surface area contributed by atoms with Gasteiger partial charge in [-0.15, -0.1) is 0 Å². The Labute approximate surface area is 111 Å². The smallest absolute Gasteiger partial charge is 0.148 e. The van der Waals surface area contributed by atoms with Crippen molar-refractivity contribution in [2.45, 2.75) is 32.9 Å². The molecule has 1 N–H and O–H groups in total. The molecule has 19 heavy (non-hydrogen) atoms. The van der Waals surface area contributed by atoms with E-state index in [-0.39, 0.29) is 0 Å². The third-order valence-electron chi connectivity index (χ3n) is 3.05. The first kappa shape index (κ1) is 13.5. The van der Waals surface area contributed by atoms with Crippen LogP contribution >= 0.6 is 0 Å². The zero-order valence-electron chi connectivity index (χ0n) is 11.0. The summed E-state index contributed by atoms with van der Waals surface area (Å²) in [6.07, 6.45) is 2.89. The van der Waals surface area contributed by atoms with Gasteiger partial charge < -0.3 is 5.32 Å². The first-order valence-electron chi connectivity index (χ1n) is 6.32. The molecule has 0 amide bonds. The molecule has 0 saturated heterocycles. The second kappa shape index (κ2) is 5.82. The van der Waals surface area contributed by atoms with Gasteiger partial charge in [0.2, 0.25) is 0 Å². The lowest BCUT2D eigenvalue weighted by molar-refractivity contribution is 0.479. The van der Waals surface area contributed by atoms with E-state index in [1.807, 2.05) is 16.9 Å². The second-order valence-corrected chi connectivity index (χ2v) is 4.57. The molecule has 0 spiro atoms. The van der Waals surface area contributed by atoms with Crippen molar-refractivity contribution in [2.24, 2.45) is 0 Å². The van der Waals surface area contributed by atoms with Crippen LogP contribution < -0.4 is 5.32 Å². The van der Waals surface area contributed by atoms with E-state index in [2.05, 4.69) is 24.3 Å². The molecule has 1 heterocycles. The fourth-order valence-electron chi connectivity index (χ4n) is 1.77. The van der Waals surface area contributed by atoms with Crippen LogP contribution in [0.25, 0.3) is 0 Å². The van der Waals surface area contributed by atoms with Crippen LogP contribution in [0.5, 0.6) is 0 Å². The largest absolute Gasteiger partial charge is 0.365 e. The van der Waals surface area contributed by atoms with Gasteiger partial charge >= 0.3 is 0 Å². The minimum absolute atomic E-state index is 0.335. The Balaban J connectivity index is 2.00. The molecular formula is C14H17F2N3. The quantitative estimate of drug-likeness (QED) is 0.892. The van der Waals surface area contributed by atoms with Gasteiger partial charge in [0.25, 0.3) is 0 Å². The molecule has 5 heteroatoms. The molecule has 0 saturated carbocycles. The maximum Gasteiger partial charge on any atom is 0.148 e. The summed E-state index contributed by atoms with van der Waals surface area (Å²) in [6, 6.07) is 5.66. The molecule has 0 aliphatic rings. The minimum Gasteiger partial charge on any atom is -0.365 e. The Kier molecular flexibility index (Phi) is 4.14. The summed E-state index contributed by atoms with van der Waals surface area (Å²) in [5.41, 5.74) is 0.551. The Morgan fingerprint density at radius 3 is 2.58 bits per heavy atom. The van der Waals surface area contributed by atoms with Gasteiger partial charge in [0.05, 0.1) is 0 Å². The number of benzene rings is 1. The van der Waals surface area contributed by atoms with Crippen LogP contribution in [0, 0.1) is 11.6 Å². The first-order valence-corrected chi connectivity index (χ1v) is 6.32.